The van der Waals surface area contributed by atoms with Crippen LogP contribution in [-0.4, -0.2) is 52.7 Å². The Morgan fingerprint density at radius 2 is 2.03 bits per heavy atom. The van der Waals surface area contributed by atoms with Crippen molar-refractivity contribution in [3.05, 3.63) is 46.4 Å². The van der Waals surface area contributed by atoms with Crippen molar-refractivity contribution in [1.82, 2.24) is 19.9 Å². The van der Waals surface area contributed by atoms with Crippen molar-refractivity contribution in [2.75, 3.05) is 37.7 Å². The summed E-state index contributed by atoms with van der Waals surface area (Å²) in [5, 5.41) is 1.19. The summed E-state index contributed by atoms with van der Waals surface area (Å²) >= 11 is 1.77. The van der Waals surface area contributed by atoms with E-state index in [1.165, 1.54) is 21.4 Å². The van der Waals surface area contributed by atoms with Gasteiger partial charge in [0.25, 0.3) is 0 Å². The van der Waals surface area contributed by atoms with E-state index in [1.54, 1.807) is 11.3 Å². The monoisotopic (exact) mass is 411 g/mol. The molecule has 1 fully saturated rings. The summed E-state index contributed by atoms with van der Waals surface area (Å²) < 4.78 is 5.49. The van der Waals surface area contributed by atoms with Crippen molar-refractivity contribution >= 4 is 27.4 Å². The molecule has 4 heterocycles. The lowest BCUT2D eigenvalue weighted by Gasteiger charge is -2.31. The molecule has 6 nitrogen and oxygen atoms in total. The van der Waals surface area contributed by atoms with Gasteiger partial charge in [-0.1, -0.05) is 6.07 Å². The summed E-state index contributed by atoms with van der Waals surface area (Å²) in [5.74, 6) is 1.94. The zero-order valence-electron chi connectivity index (χ0n) is 17.7. The lowest BCUT2D eigenvalue weighted by molar-refractivity contribution is 0.0331. The second kappa shape index (κ2) is 8.73. The Morgan fingerprint density at radius 3 is 2.72 bits per heavy atom. The maximum absolute atomic E-state index is 5.49. The molecule has 0 radical (unpaired) electrons. The fraction of sp³-hybridized carbons (Fsp3) is 0.500. The summed E-state index contributed by atoms with van der Waals surface area (Å²) in [6.45, 7) is 13.8. The van der Waals surface area contributed by atoms with Gasteiger partial charge in [0, 0.05) is 36.9 Å². The van der Waals surface area contributed by atoms with Crippen molar-refractivity contribution in [2.24, 2.45) is 0 Å². The van der Waals surface area contributed by atoms with Crippen LogP contribution in [0.1, 0.15) is 41.7 Å². The van der Waals surface area contributed by atoms with E-state index in [9.17, 15) is 0 Å². The number of pyridine rings is 1. The van der Waals surface area contributed by atoms with E-state index in [1.807, 2.05) is 18.5 Å². The van der Waals surface area contributed by atoms with E-state index >= 15 is 0 Å². The van der Waals surface area contributed by atoms with Crippen molar-refractivity contribution in [3.8, 4) is 0 Å². The van der Waals surface area contributed by atoms with Crippen LogP contribution in [0.2, 0.25) is 0 Å². The van der Waals surface area contributed by atoms with Gasteiger partial charge in [-0.05, 0) is 44.9 Å². The molecule has 7 heteroatoms. The second-order valence-electron chi connectivity index (χ2n) is 7.56. The Kier molecular flexibility index (Phi) is 6.08. The molecule has 3 aromatic heterocycles. The predicted octanol–water partition coefficient (Wildman–Crippen LogP) is 4.12. The van der Waals surface area contributed by atoms with Crippen LogP contribution in [0.3, 0.4) is 0 Å². The summed E-state index contributed by atoms with van der Waals surface area (Å²) in [4.78, 5) is 21.5. The molecule has 0 N–H and O–H groups in total. The SMILES string of the molecule is CCN(c1nc(CN2CCOCC2)nc2sc(C)c(C)c12)C(C)c1cccnc1. The molecule has 154 valence electrons. The minimum atomic E-state index is 0.183. The highest BCUT2D eigenvalue weighted by molar-refractivity contribution is 7.18. The first-order valence-electron chi connectivity index (χ1n) is 10.3. The molecular formula is C22H29N5OS. The number of anilines is 1. The van der Waals surface area contributed by atoms with E-state index in [0.717, 1.165) is 55.9 Å². The van der Waals surface area contributed by atoms with E-state index in [0.29, 0.717) is 0 Å². The number of ether oxygens (including phenoxy) is 1. The fourth-order valence-corrected chi connectivity index (χ4v) is 4.96. The predicted molar refractivity (Wildman–Crippen MR) is 119 cm³/mol. The average molecular weight is 412 g/mol. The van der Waals surface area contributed by atoms with Crippen LogP contribution in [-0.2, 0) is 11.3 Å². The summed E-state index contributed by atoms with van der Waals surface area (Å²) in [6, 6.07) is 4.32. The maximum Gasteiger partial charge on any atom is 0.146 e. The number of aromatic nitrogens is 3. The highest BCUT2D eigenvalue weighted by atomic mass is 32.1. The Morgan fingerprint density at radius 1 is 1.24 bits per heavy atom. The molecule has 1 atom stereocenters. The zero-order chi connectivity index (χ0) is 20.4. The third-order valence-corrected chi connectivity index (χ3v) is 6.87. The summed E-state index contributed by atoms with van der Waals surface area (Å²) in [6.07, 6.45) is 3.77. The number of aryl methyl sites for hydroxylation is 2. The number of hydrogen-bond acceptors (Lipinski definition) is 7. The van der Waals surface area contributed by atoms with Gasteiger partial charge >= 0.3 is 0 Å². The standard InChI is InChI=1S/C22H29N5OS/c1-5-27(16(3)18-7-6-8-23-13-18)21-20-15(2)17(4)29-22(20)25-19(24-21)14-26-9-11-28-12-10-26/h6-8,13,16H,5,9-12,14H2,1-4H3. The molecule has 29 heavy (non-hydrogen) atoms. The van der Waals surface area contributed by atoms with Crippen LogP contribution in [0.15, 0.2) is 24.5 Å². The molecule has 4 rings (SSSR count). The van der Waals surface area contributed by atoms with E-state index < -0.39 is 0 Å². The molecule has 1 saturated heterocycles. The van der Waals surface area contributed by atoms with Gasteiger partial charge in [0.1, 0.15) is 16.5 Å². The molecular weight excluding hydrogens is 382 g/mol. The Hall–Kier alpha value is -2.09. The number of thiophene rings is 1. The van der Waals surface area contributed by atoms with Gasteiger partial charge < -0.3 is 9.64 Å². The molecule has 1 unspecified atom stereocenters. The first-order valence-corrected chi connectivity index (χ1v) is 11.1. The quantitative estimate of drug-likeness (QED) is 0.608. The maximum atomic E-state index is 5.49. The van der Waals surface area contributed by atoms with Gasteiger partial charge in [0.2, 0.25) is 0 Å². The van der Waals surface area contributed by atoms with Gasteiger partial charge in [-0.15, -0.1) is 11.3 Å². The fourth-order valence-electron chi connectivity index (χ4n) is 3.92. The van der Waals surface area contributed by atoms with Crippen molar-refractivity contribution < 1.29 is 4.74 Å². The second-order valence-corrected chi connectivity index (χ2v) is 8.77. The van der Waals surface area contributed by atoms with E-state index in [4.69, 9.17) is 14.7 Å². The van der Waals surface area contributed by atoms with Crippen LogP contribution < -0.4 is 4.90 Å². The lowest BCUT2D eigenvalue weighted by atomic mass is 10.1. The minimum Gasteiger partial charge on any atom is -0.379 e. The van der Waals surface area contributed by atoms with Gasteiger partial charge in [0.15, 0.2) is 0 Å². The number of fused-ring (bicyclic) bond motifs is 1. The van der Waals surface area contributed by atoms with Gasteiger partial charge in [-0.3, -0.25) is 9.88 Å². The molecule has 0 bridgehead atoms. The zero-order valence-corrected chi connectivity index (χ0v) is 18.5. The molecule has 1 aliphatic rings. The van der Waals surface area contributed by atoms with Crippen molar-refractivity contribution in [1.29, 1.82) is 0 Å². The van der Waals surface area contributed by atoms with Crippen molar-refractivity contribution in [2.45, 2.75) is 40.3 Å². The summed E-state index contributed by atoms with van der Waals surface area (Å²) in [5.41, 5.74) is 2.48. The van der Waals surface area contributed by atoms with Crippen LogP contribution in [0.25, 0.3) is 10.2 Å². The van der Waals surface area contributed by atoms with Crippen LogP contribution in [0, 0.1) is 13.8 Å². The molecule has 0 amide bonds. The Bertz CT molecular complexity index is 968. The molecule has 0 aliphatic carbocycles. The first-order chi connectivity index (χ1) is 14.1. The van der Waals surface area contributed by atoms with Crippen LogP contribution in [0.5, 0.6) is 0 Å². The minimum absolute atomic E-state index is 0.183. The first kappa shape index (κ1) is 20.2. The highest BCUT2D eigenvalue weighted by Gasteiger charge is 2.24. The third kappa shape index (κ3) is 4.13. The van der Waals surface area contributed by atoms with Crippen LogP contribution >= 0.6 is 11.3 Å². The largest absolute Gasteiger partial charge is 0.379 e. The molecule has 0 aromatic carbocycles. The van der Waals surface area contributed by atoms with Gasteiger partial charge in [0.05, 0.1) is 31.2 Å². The average Bonchev–Trinajstić information content (AvgIpc) is 3.03. The number of morpholine rings is 1. The van der Waals surface area contributed by atoms with E-state index in [-0.39, 0.29) is 6.04 Å². The summed E-state index contributed by atoms with van der Waals surface area (Å²) in [7, 11) is 0. The highest BCUT2D eigenvalue weighted by Crippen LogP contribution is 2.37. The van der Waals surface area contributed by atoms with Gasteiger partial charge in [-0.2, -0.15) is 0 Å². The Labute approximate surface area is 176 Å². The van der Waals surface area contributed by atoms with Crippen molar-refractivity contribution in [3.63, 3.8) is 0 Å². The topological polar surface area (TPSA) is 54.4 Å². The molecule has 0 saturated carbocycles. The normalized spacial score (nSPS) is 16.3. The third-order valence-electron chi connectivity index (χ3n) is 5.77. The number of nitrogens with zero attached hydrogens (tertiary/aromatic N) is 5. The van der Waals surface area contributed by atoms with E-state index in [2.05, 4.69) is 48.5 Å². The molecule has 3 aromatic rings. The smallest absolute Gasteiger partial charge is 0.146 e. The number of rotatable bonds is 6. The number of hydrogen-bond donors (Lipinski definition) is 0. The lowest BCUT2D eigenvalue weighted by Crippen LogP contribution is -2.36. The Balaban J connectivity index is 1.77. The molecule has 1 aliphatic heterocycles. The van der Waals surface area contributed by atoms with Gasteiger partial charge in [-0.25, -0.2) is 9.97 Å². The van der Waals surface area contributed by atoms with Crippen LogP contribution in [0.4, 0.5) is 5.82 Å². The molecule has 0 spiro atoms.